The zero-order valence-corrected chi connectivity index (χ0v) is 22.9. The van der Waals surface area contributed by atoms with Gasteiger partial charge in [-0.1, -0.05) is 26.0 Å². The fourth-order valence-electron chi connectivity index (χ4n) is 3.70. The van der Waals surface area contributed by atoms with Crippen LogP contribution in [-0.4, -0.2) is 50.4 Å². The lowest BCUT2D eigenvalue weighted by Gasteiger charge is -2.32. The molecule has 182 valence electrons. The zero-order chi connectivity index (χ0) is 23.1. The molecule has 1 aromatic carbocycles. The van der Waals surface area contributed by atoms with Crippen molar-refractivity contribution in [1.29, 1.82) is 0 Å². The summed E-state index contributed by atoms with van der Waals surface area (Å²) in [6.07, 6.45) is 3.45. The summed E-state index contributed by atoms with van der Waals surface area (Å²) in [4.78, 5) is 16.4. The van der Waals surface area contributed by atoms with Gasteiger partial charge in [0.05, 0.1) is 7.11 Å². The highest BCUT2D eigenvalue weighted by Crippen LogP contribution is 2.26. The number of alkyl carbamates (subject to hydrolysis) is 1. The number of guanidine groups is 1. The third-order valence-corrected chi connectivity index (χ3v) is 5.56. The Hall–Kier alpha value is -1.71. The molecule has 0 atom stereocenters. The van der Waals surface area contributed by atoms with Crippen LogP contribution >= 0.6 is 24.0 Å². The number of carbonyl (C=O) groups excluding carboxylic acids is 1. The van der Waals surface area contributed by atoms with Crippen molar-refractivity contribution in [3.63, 3.8) is 0 Å². The molecule has 8 heteroatoms. The summed E-state index contributed by atoms with van der Waals surface area (Å²) in [5.41, 5.74) is 0.657. The lowest BCUT2D eigenvalue weighted by Crippen LogP contribution is -2.49. The molecule has 0 bridgehead atoms. The first kappa shape index (κ1) is 28.3. The zero-order valence-electron chi connectivity index (χ0n) is 20.6. The maximum atomic E-state index is 12.0. The molecule has 1 saturated carbocycles. The average molecular weight is 561 g/mol. The third kappa shape index (κ3) is 9.42. The molecule has 0 unspecified atom stereocenters. The summed E-state index contributed by atoms with van der Waals surface area (Å²) >= 11 is 0. The molecular formula is C24H41IN4O3. The van der Waals surface area contributed by atoms with E-state index in [9.17, 15) is 4.79 Å². The summed E-state index contributed by atoms with van der Waals surface area (Å²) in [5, 5.41) is 10.00. The van der Waals surface area contributed by atoms with Crippen LogP contribution in [-0.2, 0) is 10.2 Å². The number of amides is 1. The lowest BCUT2D eigenvalue weighted by molar-refractivity contribution is 0.0490. The molecule has 3 N–H and O–H groups in total. The van der Waals surface area contributed by atoms with Crippen molar-refractivity contribution >= 4 is 36.0 Å². The van der Waals surface area contributed by atoms with Gasteiger partial charge in [-0.05, 0) is 64.2 Å². The minimum absolute atomic E-state index is 0. The van der Waals surface area contributed by atoms with Crippen molar-refractivity contribution in [2.75, 3.05) is 20.7 Å². The van der Waals surface area contributed by atoms with Crippen molar-refractivity contribution in [1.82, 2.24) is 16.0 Å². The summed E-state index contributed by atoms with van der Waals surface area (Å²) in [6.45, 7) is 10.8. The van der Waals surface area contributed by atoms with E-state index in [1.165, 1.54) is 5.56 Å². The van der Waals surface area contributed by atoms with Gasteiger partial charge in [0.15, 0.2) is 5.96 Å². The average Bonchev–Trinajstić information content (AvgIpc) is 2.71. The molecule has 1 aliphatic rings. The van der Waals surface area contributed by atoms with Crippen LogP contribution in [0.2, 0.25) is 0 Å². The highest BCUT2D eigenvalue weighted by atomic mass is 127. The molecule has 2 rings (SSSR count). The number of hydrogen-bond donors (Lipinski definition) is 3. The number of aliphatic imine (C=N–C) groups is 1. The Morgan fingerprint density at radius 2 is 1.66 bits per heavy atom. The number of hydrogen-bond acceptors (Lipinski definition) is 4. The molecule has 0 heterocycles. The molecule has 0 spiro atoms. The predicted octanol–water partition coefficient (Wildman–Crippen LogP) is 4.59. The summed E-state index contributed by atoms with van der Waals surface area (Å²) in [7, 11) is 3.48. The highest BCUT2D eigenvalue weighted by Gasteiger charge is 2.26. The number of ether oxygens (including phenoxy) is 2. The number of nitrogens with zero attached hydrogens (tertiary/aromatic N) is 1. The van der Waals surface area contributed by atoms with Crippen molar-refractivity contribution in [2.24, 2.45) is 4.99 Å². The monoisotopic (exact) mass is 560 g/mol. The predicted molar refractivity (Wildman–Crippen MR) is 141 cm³/mol. The van der Waals surface area contributed by atoms with E-state index in [-0.39, 0.29) is 41.5 Å². The first-order valence-electron chi connectivity index (χ1n) is 11.1. The standard InChI is InChI=1S/C24H40N4O3.HI/c1-23(2,3)31-22(29)28-19-13-11-18(12-14-19)27-21(25-6)26-16-24(4,5)17-9-8-10-20(15-17)30-7;/h8-10,15,18-19H,11-14,16H2,1-7H3,(H,28,29)(H2,25,26,27);1H. The maximum Gasteiger partial charge on any atom is 0.407 e. The molecule has 7 nitrogen and oxygen atoms in total. The smallest absolute Gasteiger partial charge is 0.407 e. The Morgan fingerprint density at radius 3 is 2.19 bits per heavy atom. The van der Waals surface area contributed by atoms with Gasteiger partial charge in [-0.3, -0.25) is 4.99 Å². The fourth-order valence-corrected chi connectivity index (χ4v) is 3.70. The van der Waals surface area contributed by atoms with E-state index in [1.54, 1.807) is 14.2 Å². The summed E-state index contributed by atoms with van der Waals surface area (Å²) in [6, 6.07) is 8.68. The first-order chi connectivity index (χ1) is 14.5. The van der Waals surface area contributed by atoms with Crippen molar-refractivity contribution in [3.8, 4) is 5.75 Å². The molecule has 1 aromatic rings. The number of methoxy groups -OCH3 is 1. The van der Waals surface area contributed by atoms with Gasteiger partial charge in [0.2, 0.25) is 0 Å². The number of nitrogens with one attached hydrogen (secondary N) is 3. The van der Waals surface area contributed by atoms with Gasteiger partial charge in [0.1, 0.15) is 11.4 Å². The van der Waals surface area contributed by atoms with E-state index in [4.69, 9.17) is 9.47 Å². The number of benzene rings is 1. The first-order valence-corrected chi connectivity index (χ1v) is 11.1. The Morgan fingerprint density at radius 1 is 1.06 bits per heavy atom. The quantitative estimate of drug-likeness (QED) is 0.269. The largest absolute Gasteiger partial charge is 0.497 e. The van der Waals surface area contributed by atoms with Gasteiger partial charge >= 0.3 is 6.09 Å². The summed E-state index contributed by atoms with van der Waals surface area (Å²) < 4.78 is 10.7. The van der Waals surface area contributed by atoms with Crippen LogP contribution in [0.15, 0.2) is 29.3 Å². The molecule has 1 amide bonds. The fraction of sp³-hybridized carbons (Fsp3) is 0.667. The molecular weight excluding hydrogens is 519 g/mol. The third-order valence-electron chi connectivity index (χ3n) is 5.56. The number of halogens is 1. The Labute approximate surface area is 210 Å². The molecule has 0 aliphatic heterocycles. The van der Waals surface area contributed by atoms with Crippen LogP contribution in [0.25, 0.3) is 0 Å². The van der Waals surface area contributed by atoms with Crippen LogP contribution in [0.1, 0.15) is 65.9 Å². The lowest BCUT2D eigenvalue weighted by atomic mass is 9.84. The highest BCUT2D eigenvalue weighted by molar-refractivity contribution is 14.0. The number of carbonyl (C=O) groups is 1. The van der Waals surface area contributed by atoms with E-state index >= 15 is 0 Å². The van der Waals surface area contributed by atoms with Crippen LogP contribution < -0.4 is 20.7 Å². The van der Waals surface area contributed by atoms with Crippen LogP contribution in [0.4, 0.5) is 4.79 Å². The van der Waals surface area contributed by atoms with E-state index < -0.39 is 5.60 Å². The second-order valence-corrected chi connectivity index (χ2v) is 9.88. The van der Waals surface area contributed by atoms with Crippen LogP contribution in [0.5, 0.6) is 5.75 Å². The second-order valence-electron chi connectivity index (χ2n) is 9.88. The van der Waals surface area contributed by atoms with Crippen molar-refractivity contribution < 1.29 is 14.3 Å². The Balaban J connectivity index is 0.00000512. The SMILES string of the molecule is CN=C(NCC(C)(C)c1cccc(OC)c1)NC1CCC(NC(=O)OC(C)(C)C)CC1.I. The minimum atomic E-state index is -0.473. The van der Waals surface area contributed by atoms with Gasteiger partial charge < -0.3 is 25.4 Å². The Bertz CT molecular complexity index is 754. The number of rotatable bonds is 6. The Kier molecular flexibility index (Phi) is 11.1. The second kappa shape index (κ2) is 12.5. The van der Waals surface area contributed by atoms with E-state index in [0.717, 1.165) is 43.9 Å². The normalized spacial score (nSPS) is 19.4. The van der Waals surface area contributed by atoms with Crippen LogP contribution in [0, 0.1) is 0 Å². The van der Waals surface area contributed by atoms with E-state index in [0.29, 0.717) is 6.04 Å². The summed E-state index contributed by atoms with van der Waals surface area (Å²) in [5.74, 6) is 1.67. The van der Waals surface area contributed by atoms with Crippen LogP contribution in [0.3, 0.4) is 0 Å². The van der Waals surface area contributed by atoms with E-state index in [2.05, 4.69) is 46.9 Å². The minimum Gasteiger partial charge on any atom is -0.497 e. The molecule has 1 fully saturated rings. The van der Waals surface area contributed by atoms with Gasteiger partial charge in [0.25, 0.3) is 0 Å². The van der Waals surface area contributed by atoms with Gasteiger partial charge in [-0.2, -0.15) is 0 Å². The molecule has 1 aliphatic carbocycles. The molecule has 0 aromatic heterocycles. The van der Waals surface area contributed by atoms with E-state index in [1.807, 2.05) is 32.9 Å². The van der Waals surface area contributed by atoms with Gasteiger partial charge in [-0.25, -0.2) is 4.79 Å². The van der Waals surface area contributed by atoms with Gasteiger partial charge in [0, 0.05) is 31.1 Å². The molecule has 0 saturated heterocycles. The van der Waals surface area contributed by atoms with Gasteiger partial charge in [-0.15, -0.1) is 24.0 Å². The maximum absolute atomic E-state index is 12.0. The van der Waals surface area contributed by atoms with Crippen molar-refractivity contribution in [3.05, 3.63) is 29.8 Å². The molecule has 0 radical (unpaired) electrons. The van der Waals surface area contributed by atoms with Crippen molar-refractivity contribution in [2.45, 2.75) is 83.4 Å². The topological polar surface area (TPSA) is 84.0 Å². The molecule has 32 heavy (non-hydrogen) atoms.